The Morgan fingerprint density at radius 2 is 1.36 bits per heavy atom. The SMILES string of the molecule is CNc1ncnc2c1ncn2[C@@H]1O[C@H](COC(c2ccccc2)(c2ccc(OC)cc2)c2ccc(OC)cc2)[C@@H](O)[C@H]1OCO[Si](C(C)C)(C(C)C)C(C)C. The summed E-state index contributed by atoms with van der Waals surface area (Å²) in [5, 5.41) is 15.3. The van der Waals surface area contributed by atoms with Gasteiger partial charge in [0, 0.05) is 7.05 Å². The zero-order valence-corrected chi connectivity index (χ0v) is 34.3. The molecule has 0 saturated carbocycles. The number of aliphatic hydroxyl groups is 1. The van der Waals surface area contributed by atoms with Crippen molar-refractivity contribution in [1.29, 1.82) is 0 Å². The van der Waals surface area contributed by atoms with Crippen LogP contribution in [0, 0.1) is 0 Å². The second-order valence-electron chi connectivity index (χ2n) is 14.9. The zero-order valence-electron chi connectivity index (χ0n) is 33.3. The predicted molar refractivity (Wildman–Crippen MR) is 215 cm³/mol. The summed E-state index contributed by atoms with van der Waals surface area (Å²) in [5.74, 6) is 2.02. The van der Waals surface area contributed by atoms with Crippen LogP contribution in [0.5, 0.6) is 11.5 Å². The van der Waals surface area contributed by atoms with E-state index in [0.717, 1.165) is 28.2 Å². The Hall–Kier alpha value is -4.37. The van der Waals surface area contributed by atoms with E-state index in [4.69, 9.17) is 28.1 Å². The first-order chi connectivity index (χ1) is 26.5. The molecule has 2 aromatic heterocycles. The van der Waals surface area contributed by atoms with Crippen molar-refractivity contribution in [3.63, 3.8) is 0 Å². The van der Waals surface area contributed by atoms with Crippen LogP contribution >= 0.6 is 0 Å². The largest absolute Gasteiger partial charge is 0.497 e. The van der Waals surface area contributed by atoms with Crippen LogP contribution < -0.4 is 14.8 Å². The monoisotopic (exact) mass is 769 g/mol. The standard InChI is InChI=1S/C42H55N5O7Si/c1-27(2)55(28(3)4,29(5)6)53-26-51-38-37(48)35(54-41(38)47-25-46-36-39(43-7)44-24-45-40(36)47)23-52-42(30-13-11-10-12-14-30,31-15-19-33(49-8)20-16-31)32-17-21-34(50-9)22-18-32/h10-22,24-25,27-29,35,37-38,41,48H,23,26H2,1-9H3,(H,43,44,45)/t35-,37-,38-,41-/m1/s1. The molecule has 4 atom stereocenters. The minimum atomic E-state index is -2.29. The fourth-order valence-corrected chi connectivity index (χ4v) is 13.7. The van der Waals surface area contributed by atoms with Crippen molar-refractivity contribution in [1.82, 2.24) is 19.5 Å². The highest BCUT2D eigenvalue weighted by Crippen LogP contribution is 2.45. The van der Waals surface area contributed by atoms with E-state index < -0.39 is 38.5 Å². The summed E-state index contributed by atoms with van der Waals surface area (Å²) < 4.78 is 40.2. The van der Waals surface area contributed by atoms with Gasteiger partial charge in [-0.15, -0.1) is 0 Å². The highest BCUT2D eigenvalue weighted by Gasteiger charge is 2.50. The molecule has 0 aliphatic carbocycles. The number of nitrogens with one attached hydrogen (secondary N) is 1. The van der Waals surface area contributed by atoms with Gasteiger partial charge in [-0.25, -0.2) is 15.0 Å². The lowest BCUT2D eigenvalue weighted by molar-refractivity contribution is -0.114. The lowest BCUT2D eigenvalue weighted by Gasteiger charge is -2.42. The number of aliphatic hydroxyl groups excluding tert-OH is 1. The first-order valence-electron chi connectivity index (χ1n) is 18.9. The van der Waals surface area contributed by atoms with Gasteiger partial charge in [-0.05, 0) is 57.6 Å². The van der Waals surface area contributed by atoms with Crippen LogP contribution in [-0.4, -0.2) is 85.9 Å². The molecule has 294 valence electrons. The van der Waals surface area contributed by atoms with E-state index in [9.17, 15) is 5.11 Å². The van der Waals surface area contributed by atoms with Crippen LogP contribution in [0.15, 0.2) is 91.5 Å². The molecule has 0 spiro atoms. The van der Waals surface area contributed by atoms with E-state index in [1.165, 1.54) is 6.33 Å². The van der Waals surface area contributed by atoms with E-state index in [1.54, 1.807) is 32.2 Å². The summed E-state index contributed by atoms with van der Waals surface area (Å²) in [7, 11) is 2.78. The van der Waals surface area contributed by atoms with Gasteiger partial charge in [-0.1, -0.05) is 96.1 Å². The second-order valence-corrected chi connectivity index (χ2v) is 20.3. The number of ether oxygens (including phenoxy) is 5. The van der Waals surface area contributed by atoms with Crippen LogP contribution in [0.4, 0.5) is 5.82 Å². The summed E-state index contributed by atoms with van der Waals surface area (Å²) in [6.07, 6.45) is -0.451. The maximum absolute atomic E-state index is 12.2. The Bertz CT molecular complexity index is 1910. The van der Waals surface area contributed by atoms with Crippen molar-refractivity contribution < 1.29 is 33.2 Å². The Labute approximate surface area is 325 Å². The van der Waals surface area contributed by atoms with Crippen LogP contribution in [0.2, 0.25) is 16.6 Å². The summed E-state index contributed by atoms with van der Waals surface area (Å²) in [6.45, 7) is 13.4. The van der Waals surface area contributed by atoms with Gasteiger partial charge in [0.25, 0.3) is 0 Å². The third-order valence-corrected chi connectivity index (χ3v) is 17.1. The molecule has 2 N–H and O–H groups in total. The minimum Gasteiger partial charge on any atom is -0.497 e. The number of imidazole rings is 1. The summed E-state index contributed by atoms with van der Waals surface area (Å²) >= 11 is 0. The van der Waals surface area contributed by atoms with Gasteiger partial charge in [0.15, 0.2) is 17.7 Å². The van der Waals surface area contributed by atoms with Crippen molar-refractivity contribution in [2.75, 3.05) is 40.0 Å². The van der Waals surface area contributed by atoms with Crippen molar-refractivity contribution in [2.45, 2.75) is 88.3 Å². The van der Waals surface area contributed by atoms with Gasteiger partial charge in [-0.3, -0.25) is 4.57 Å². The number of benzene rings is 3. The molecule has 0 bridgehead atoms. The fraction of sp³-hybridized carbons (Fsp3) is 0.452. The van der Waals surface area contributed by atoms with E-state index in [-0.39, 0.29) is 13.4 Å². The van der Waals surface area contributed by atoms with E-state index in [0.29, 0.717) is 33.6 Å². The quantitative estimate of drug-likeness (QED) is 0.0549. The second kappa shape index (κ2) is 17.2. The molecule has 1 aliphatic heterocycles. The number of hydrogen-bond donors (Lipinski definition) is 2. The van der Waals surface area contributed by atoms with Gasteiger partial charge in [0.2, 0.25) is 8.32 Å². The van der Waals surface area contributed by atoms with Crippen molar-refractivity contribution in [3.8, 4) is 11.5 Å². The summed E-state index contributed by atoms with van der Waals surface area (Å²) in [5.41, 5.74) is 3.69. The average molecular weight is 770 g/mol. The first kappa shape index (κ1) is 40.3. The Kier molecular flexibility index (Phi) is 12.6. The summed E-state index contributed by atoms with van der Waals surface area (Å²) in [6, 6.07) is 25.7. The number of aromatic nitrogens is 4. The Morgan fingerprint density at radius 3 is 1.89 bits per heavy atom. The maximum atomic E-state index is 12.2. The molecule has 0 radical (unpaired) electrons. The molecule has 1 saturated heterocycles. The van der Waals surface area contributed by atoms with E-state index in [1.807, 2.05) is 78.9 Å². The number of fused-ring (bicyclic) bond motifs is 1. The molecule has 55 heavy (non-hydrogen) atoms. The molecule has 0 unspecified atom stereocenters. The number of anilines is 1. The maximum Gasteiger partial charge on any atom is 0.203 e. The lowest BCUT2D eigenvalue weighted by atomic mass is 9.80. The van der Waals surface area contributed by atoms with Gasteiger partial charge in [-0.2, -0.15) is 0 Å². The molecule has 12 nitrogen and oxygen atoms in total. The van der Waals surface area contributed by atoms with Gasteiger partial charge in [0.05, 0.1) is 27.2 Å². The van der Waals surface area contributed by atoms with Crippen molar-refractivity contribution >= 4 is 25.3 Å². The molecule has 13 heteroatoms. The fourth-order valence-electron chi connectivity index (χ4n) is 8.48. The van der Waals surface area contributed by atoms with Gasteiger partial charge in [0.1, 0.15) is 54.0 Å². The molecule has 1 aliphatic rings. The Morgan fingerprint density at radius 1 is 0.800 bits per heavy atom. The molecular weight excluding hydrogens is 715 g/mol. The molecule has 1 fully saturated rings. The topological polar surface area (TPSA) is 131 Å². The highest BCUT2D eigenvalue weighted by molar-refractivity contribution is 6.77. The number of hydrogen-bond acceptors (Lipinski definition) is 11. The third kappa shape index (κ3) is 7.61. The van der Waals surface area contributed by atoms with E-state index >= 15 is 0 Å². The molecule has 0 amide bonds. The number of nitrogens with zero attached hydrogens (tertiary/aromatic N) is 4. The number of rotatable bonds is 17. The Balaban J connectivity index is 1.39. The van der Waals surface area contributed by atoms with Gasteiger partial charge >= 0.3 is 0 Å². The zero-order chi connectivity index (χ0) is 39.3. The minimum absolute atomic E-state index is 0.00259. The molecule has 3 aromatic carbocycles. The molecular formula is C42H55N5O7Si. The normalized spacial score (nSPS) is 19.1. The van der Waals surface area contributed by atoms with E-state index in [2.05, 4.69) is 61.8 Å². The first-order valence-corrected chi connectivity index (χ1v) is 21.1. The molecule has 6 rings (SSSR count). The highest BCUT2D eigenvalue weighted by atomic mass is 28.4. The predicted octanol–water partition coefficient (Wildman–Crippen LogP) is 7.69. The molecule has 3 heterocycles. The number of methoxy groups -OCH3 is 2. The van der Waals surface area contributed by atoms with Crippen LogP contribution in [0.25, 0.3) is 11.2 Å². The van der Waals surface area contributed by atoms with Crippen molar-refractivity contribution in [3.05, 3.63) is 108 Å². The van der Waals surface area contributed by atoms with Crippen LogP contribution in [-0.2, 0) is 24.2 Å². The third-order valence-electron chi connectivity index (χ3n) is 11.1. The van der Waals surface area contributed by atoms with Crippen molar-refractivity contribution in [2.24, 2.45) is 0 Å². The summed E-state index contributed by atoms with van der Waals surface area (Å²) in [4.78, 5) is 13.5. The lowest BCUT2D eigenvalue weighted by Crippen LogP contribution is -2.49. The van der Waals surface area contributed by atoms with Gasteiger partial charge < -0.3 is 38.5 Å². The average Bonchev–Trinajstić information content (AvgIpc) is 3.77. The van der Waals surface area contributed by atoms with Crippen LogP contribution in [0.3, 0.4) is 0 Å². The van der Waals surface area contributed by atoms with Crippen LogP contribution in [0.1, 0.15) is 64.5 Å². The molecule has 5 aromatic rings. The smallest absolute Gasteiger partial charge is 0.203 e.